The van der Waals surface area contributed by atoms with Crippen LogP contribution in [0.4, 0.5) is 0 Å². The average Bonchev–Trinajstić information content (AvgIpc) is 3.15. The first-order chi connectivity index (χ1) is 13.6. The van der Waals surface area contributed by atoms with Crippen molar-refractivity contribution < 1.29 is 19.1 Å². The van der Waals surface area contributed by atoms with E-state index in [0.717, 1.165) is 30.1 Å². The second kappa shape index (κ2) is 17.6. The number of aldehydes is 1. The van der Waals surface area contributed by atoms with Gasteiger partial charge in [-0.15, -0.1) is 11.3 Å². The molecule has 5 nitrogen and oxygen atoms in total. The average molecular weight is 430 g/mol. The van der Waals surface area contributed by atoms with Crippen LogP contribution in [0.15, 0.2) is 5.38 Å². The maximum absolute atomic E-state index is 11.7. The molecule has 2 atom stereocenters. The summed E-state index contributed by atoms with van der Waals surface area (Å²) < 4.78 is 9.94. The molecule has 0 N–H and O–H groups in total. The van der Waals surface area contributed by atoms with Crippen LogP contribution in [0.1, 0.15) is 109 Å². The van der Waals surface area contributed by atoms with Gasteiger partial charge in [0.1, 0.15) is 6.29 Å². The second-order valence-corrected chi connectivity index (χ2v) is 8.81. The summed E-state index contributed by atoms with van der Waals surface area (Å²) in [5, 5.41) is 2.93. The maximum atomic E-state index is 11.7. The summed E-state index contributed by atoms with van der Waals surface area (Å²) in [6.07, 6.45) is 6.67. The SMILES string of the molecule is CC=O.CCCC(CCC(C)CC)c1nc(C(=O)OCC)cs1.COC(C)(C)C. The molecule has 6 heteroatoms. The van der Waals surface area contributed by atoms with Gasteiger partial charge in [0.25, 0.3) is 0 Å². The van der Waals surface area contributed by atoms with E-state index in [9.17, 15) is 4.79 Å². The number of ether oxygens (including phenoxy) is 2. The molecule has 0 aliphatic rings. The molecule has 0 fully saturated rings. The van der Waals surface area contributed by atoms with Crippen LogP contribution in [-0.2, 0) is 14.3 Å². The lowest BCUT2D eigenvalue weighted by Gasteiger charge is -2.15. The third-order valence-electron chi connectivity index (χ3n) is 4.31. The Balaban J connectivity index is 0. The number of hydrogen-bond donors (Lipinski definition) is 0. The number of thiazole rings is 1. The zero-order chi connectivity index (χ0) is 22.9. The molecule has 0 radical (unpaired) electrons. The Morgan fingerprint density at radius 2 is 1.76 bits per heavy atom. The molecular weight excluding hydrogens is 386 g/mol. The van der Waals surface area contributed by atoms with Gasteiger partial charge in [0.05, 0.1) is 17.2 Å². The van der Waals surface area contributed by atoms with Crippen molar-refractivity contribution in [3.63, 3.8) is 0 Å². The van der Waals surface area contributed by atoms with Crippen LogP contribution >= 0.6 is 11.3 Å². The van der Waals surface area contributed by atoms with Crippen molar-refractivity contribution in [3.05, 3.63) is 16.1 Å². The van der Waals surface area contributed by atoms with E-state index in [0.29, 0.717) is 18.2 Å². The van der Waals surface area contributed by atoms with Crippen LogP contribution in [0.3, 0.4) is 0 Å². The molecule has 1 heterocycles. The Morgan fingerprint density at radius 1 is 1.21 bits per heavy atom. The summed E-state index contributed by atoms with van der Waals surface area (Å²) in [7, 11) is 1.71. The molecule has 0 aliphatic carbocycles. The topological polar surface area (TPSA) is 65.5 Å². The number of carbonyl (C=O) groups is 2. The smallest absolute Gasteiger partial charge is 0.357 e. The standard InChI is InChI=1S/C16H27NO2S.C5H12O.C2H4O/c1-5-8-13(10-9-12(4)6-2)15-17-14(11-20-15)16(18)19-7-3;1-5(2,3)6-4;1-2-3/h11-13H,5-10H2,1-4H3;1-4H3;2H,1H3. The van der Waals surface area contributed by atoms with Crippen LogP contribution in [0, 0.1) is 5.92 Å². The van der Waals surface area contributed by atoms with Crippen molar-refractivity contribution in [1.29, 1.82) is 0 Å². The fraction of sp³-hybridized carbons (Fsp3) is 0.783. The van der Waals surface area contributed by atoms with E-state index < -0.39 is 0 Å². The van der Waals surface area contributed by atoms with Crippen molar-refractivity contribution in [2.24, 2.45) is 5.92 Å². The van der Waals surface area contributed by atoms with Gasteiger partial charge in [-0.2, -0.15) is 0 Å². The van der Waals surface area contributed by atoms with Crippen molar-refractivity contribution in [3.8, 4) is 0 Å². The lowest BCUT2D eigenvalue weighted by Crippen LogP contribution is -2.15. The minimum atomic E-state index is -0.299. The minimum absolute atomic E-state index is 0.0417. The van der Waals surface area contributed by atoms with Crippen LogP contribution in [0.25, 0.3) is 0 Å². The molecule has 2 unspecified atom stereocenters. The molecular formula is C23H43NO4S. The highest BCUT2D eigenvalue weighted by Gasteiger charge is 2.18. The zero-order valence-electron chi connectivity index (χ0n) is 20.0. The Kier molecular flexibility index (Phi) is 18.1. The minimum Gasteiger partial charge on any atom is -0.461 e. The summed E-state index contributed by atoms with van der Waals surface area (Å²) in [5.74, 6) is 0.952. The quantitative estimate of drug-likeness (QED) is 0.324. The van der Waals surface area contributed by atoms with E-state index in [1.54, 1.807) is 18.4 Å². The Morgan fingerprint density at radius 3 is 2.17 bits per heavy atom. The molecule has 0 aliphatic heterocycles. The molecule has 0 spiro atoms. The van der Waals surface area contributed by atoms with Crippen LogP contribution in [-0.4, -0.2) is 36.6 Å². The fourth-order valence-electron chi connectivity index (χ4n) is 2.20. The van der Waals surface area contributed by atoms with Crippen molar-refractivity contribution >= 4 is 23.6 Å². The van der Waals surface area contributed by atoms with Crippen LogP contribution < -0.4 is 0 Å². The van der Waals surface area contributed by atoms with Gasteiger partial charge in [-0.3, -0.25) is 0 Å². The van der Waals surface area contributed by atoms with Crippen LogP contribution in [0.2, 0.25) is 0 Å². The van der Waals surface area contributed by atoms with E-state index in [2.05, 4.69) is 25.8 Å². The van der Waals surface area contributed by atoms with Gasteiger partial charge < -0.3 is 14.3 Å². The summed E-state index contributed by atoms with van der Waals surface area (Å²) in [6.45, 7) is 16.5. The van der Waals surface area contributed by atoms with Gasteiger partial charge in [-0.05, 0) is 53.4 Å². The molecule has 0 saturated carbocycles. The molecule has 1 aromatic heterocycles. The third kappa shape index (κ3) is 16.2. The first-order valence-electron chi connectivity index (χ1n) is 10.7. The van der Waals surface area contributed by atoms with Gasteiger partial charge in [0, 0.05) is 18.4 Å². The van der Waals surface area contributed by atoms with E-state index in [1.165, 1.54) is 26.2 Å². The molecule has 1 aromatic rings. The Hall–Kier alpha value is -1.27. The fourth-order valence-corrected chi connectivity index (χ4v) is 3.16. The second-order valence-electron chi connectivity index (χ2n) is 7.92. The molecule has 1 rings (SSSR count). The molecule has 0 bridgehead atoms. The summed E-state index contributed by atoms with van der Waals surface area (Å²) in [6, 6.07) is 0. The predicted molar refractivity (Wildman–Crippen MR) is 123 cm³/mol. The van der Waals surface area contributed by atoms with Crippen molar-refractivity contribution in [1.82, 2.24) is 4.98 Å². The van der Waals surface area contributed by atoms with Crippen LogP contribution in [0.5, 0.6) is 0 Å². The Labute approximate surface area is 182 Å². The lowest BCUT2D eigenvalue weighted by atomic mass is 9.93. The number of esters is 1. The van der Waals surface area contributed by atoms with Gasteiger partial charge in [-0.1, -0.05) is 40.0 Å². The number of methoxy groups -OCH3 is 1. The Bertz CT molecular complexity index is 537. The number of carbonyl (C=O) groups excluding carboxylic acids is 2. The van der Waals surface area contributed by atoms with Crippen molar-refractivity contribution in [2.45, 2.75) is 99.0 Å². The first kappa shape index (κ1) is 29.9. The van der Waals surface area contributed by atoms with E-state index in [4.69, 9.17) is 14.3 Å². The van der Waals surface area contributed by atoms with Gasteiger partial charge in [0.15, 0.2) is 5.69 Å². The predicted octanol–water partition coefficient (Wildman–Crippen LogP) is 6.67. The number of hydrogen-bond acceptors (Lipinski definition) is 6. The summed E-state index contributed by atoms with van der Waals surface area (Å²) in [4.78, 5) is 25.0. The van der Waals surface area contributed by atoms with Gasteiger partial charge in [-0.25, -0.2) is 9.78 Å². The first-order valence-corrected chi connectivity index (χ1v) is 11.5. The van der Waals surface area contributed by atoms with E-state index >= 15 is 0 Å². The molecule has 0 aromatic carbocycles. The highest BCUT2D eigenvalue weighted by atomic mass is 32.1. The maximum Gasteiger partial charge on any atom is 0.357 e. The van der Waals surface area contributed by atoms with E-state index in [1.807, 2.05) is 33.1 Å². The highest BCUT2D eigenvalue weighted by Crippen LogP contribution is 2.31. The zero-order valence-corrected chi connectivity index (χ0v) is 20.9. The van der Waals surface area contributed by atoms with E-state index in [-0.39, 0.29) is 11.6 Å². The molecule has 0 saturated heterocycles. The molecule has 170 valence electrons. The largest absolute Gasteiger partial charge is 0.461 e. The lowest BCUT2D eigenvalue weighted by molar-refractivity contribution is -0.106. The van der Waals surface area contributed by atoms with Crippen molar-refractivity contribution in [2.75, 3.05) is 13.7 Å². The number of rotatable bonds is 9. The van der Waals surface area contributed by atoms with Gasteiger partial charge in [0.2, 0.25) is 0 Å². The third-order valence-corrected chi connectivity index (χ3v) is 5.32. The number of aromatic nitrogens is 1. The number of nitrogens with zero attached hydrogens (tertiary/aromatic N) is 1. The highest BCUT2D eigenvalue weighted by molar-refractivity contribution is 7.09. The summed E-state index contributed by atoms with van der Waals surface area (Å²) in [5.41, 5.74) is 0.511. The van der Waals surface area contributed by atoms with Gasteiger partial charge >= 0.3 is 5.97 Å². The summed E-state index contributed by atoms with van der Waals surface area (Å²) >= 11 is 1.60. The molecule has 0 amide bonds. The normalized spacial score (nSPS) is 12.6. The monoisotopic (exact) mass is 429 g/mol. The molecule has 29 heavy (non-hydrogen) atoms.